The number of benzene rings is 1. The number of aryl methyl sites for hydroxylation is 1. The van der Waals surface area contributed by atoms with Crippen molar-refractivity contribution in [3.63, 3.8) is 0 Å². The average molecular weight is 257 g/mol. The van der Waals surface area contributed by atoms with Crippen molar-refractivity contribution in [1.29, 1.82) is 0 Å². The van der Waals surface area contributed by atoms with Crippen molar-refractivity contribution in [2.24, 2.45) is 7.05 Å². The number of amides is 1. The van der Waals surface area contributed by atoms with E-state index in [9.17, 15) is 4.79 Å². The van der Waals surface area contributed by atoms with Crippen molar-refractivity contribution in [3.05, 3.63) is 53.9 Å². The monoisotopic (exact) mass is 257 g/mol. The number of hydrogen-bond donors (Lipinski definition) is 2. The molecule has 1 heterocycles. The van der Waals surface area contributed by atoms with Gasteiger partial charge in [0.2, 0.25) is 5.91 Å². The van der Waals surface area contributed by atoms with Crippen LogP contribution in [0.4, 0.5) is 5.69 Å². The molecular formula is C14H15N3O2. The summed E-state index contributed by atoms with van der Waals surface area (Å²) in [6, 6.07) is 7.08. The van der Waals surface area contributed by atoms with E-state index in [1.807, 2.05) is 13.2 Å². The molecule has 2 rings (SSSR count). The first-order chi connectivity index (χ1) is 9.17. The summed E-state index contributed by atoms with van der Waals surface area (Å²) in [7, 11) is 1.82. The number of aromatic nitrogens is 2. The SMILES string of the molecule is Cn1cc(/C=C/C(=O)Nc2cccc(CO)c2)cn1. The summed E-state index contributed by atoms with van der Waals surface area (Å²) < 4.78 is 1.67. The van der Waals surface area contributed by atoms with Gasteiger partial charge in [0.25, 0.3) is 0 Å². The highest BCUT2D eigenvalue weighted by molar-refractivity contribution is 6.01. The Kier molecular flexibility index (Phi) is 4.10. The van der Waals surface area contributed by atoms with Crippen LogP contribution in [0.5, 0.6) is 0 Å². The molecule has 5 nitrogen and oxygen atoms in total. The lowest BCUT2D eigenvalue weighted by molar-refractivity contribution is -0.111. The van der Waals surface area contributed by atoms with E-state index in [-0.39, 0.29) is 12.5 Å². The highest BCUT2D eigenvalue weighted by Gasteiger charge is 1.99. The molecule has 0 aliphatic rings. The highest BCUT2D eigenvalue weighted by Crippen LogP contribution is 2.10. The van der Waals surface area contributed by atoms with Gasteiger partial charge in [-0.3, -0.25) is 9.48 Å². The van der Waals surface area contributed by atoms with E-state index < -0.39 is 0 Å². The summed E-state index contributed by atoms with van der Waals surface area (Å²) in [6.45, 7) is -0.0464. The van der Waals surface area contributed by atoms with Gasteiger partial charge >= 0.3 is 0 Å². The zero-order valence-corrected chi connectivity index (χ0v) is 10.6. The molecule has 0 aliphatic carbocycles. The lowest BCUT2D eigenvalue weighted by atomic mass is 10.2. The predicted molar refractivity (Wildman–Crippen MR) is 73.2 cm³/mol. The van der Waals surface area contributed by atoms with Crippen molar-refractivity contribution in [2.45, 2.75) is 6.61 Å². The number of aliphatic hydroxyl groups is 1. The molecule has 5 heteroatoms. The minimum Gasteiger partial charge on any atom is -0.392 e. The zero-order valence-electron chi connectivity index (χ0n) is 10.6. The van der Waals surface area contributed by atoms with Crippen LogP contribution in [-0.2, 0) is 18.4 Å². The van der Waals surface area contributed by atoms with Gasteiger partial charge in [-0.15, -0.1) is 0 Å². The van der Waals surface area contributed by atoms with Gasteiger partial charge in [-0.05, 0) is 23.8 Å². The second kappa shape index (κ2) is 5.97. The summed E-state index contributed by atoms with van der Waals surface area (Å²) in [5, 5.41) is 15.8. The largest absolute Gasteiger partial charge is 0.392 e. The van der Waals surface area contributed by atoms with E-state index in [4.69, 9.17) is 5.11 Å². The number of carbonyl (C=O) groups is 1. The third kappa shape index (κ3) is 3.79. The topological polar surface area (TPSA) is 67.2 Å². The van der Waals surface area contributed by atoms with Crippen LogP contribution in [0.1, 0.15) is 11.1 Å². The molecule has 0 atom stereocenters. The normalized spacial score (nSPS) is 10.8. The molecule has 0 fully saturated rings. The Morgan fingerprint density at radius 1 is 1.53 bits per heavy atom. The maximum absolute atomic E-state index is 11.7. The van der Waals surface area contributed by atoms with E-state index in [1.165, 1.54) is 6.08 Å². The molecule has 0 bridgehead atoms. The third-order valence-corrected chi connectivity index (χ3v) is 2.53. The average Bonchev–Trinajstić information content (AvgIpc) is 2.82. The van der Waals surface area contributed by atoms with Crippen LogP contribution in [0.25, 0.3) is 6.08 Å². The Balaban J connectivity index is 1.99. The number of nitrogens with zero attached hydrogens (tertiary/aromatic N) is 2. The fraction of sp³-hybridized carbons (Fsp3) is 0.143. The maximum Gasteiger partial charge on any atom is 0.248 e. The Bertz CT molecular complexity index is 602. The number of nitrogens with one attached hydrogen (secondary N) is 1. The fourth-order valence-electron chi connectivity index (χ4n) is 1.63. The van der Waals surface area contributed by atoms with E-state index >= 15 is 0 Å². The van der Waals surface area contributed by atoms with Crippen LogP contribution < -0.4 is 5.32 Å². The van der Waals surface area contributed by atoms with Crippen molar-refractivity contribution >= 4 is 17.7 Å². The molecule has 98 valence electrons. The number of anilines is 1. The molecule has 1 amide bonds. The van der Waals surface area contributed by atoms with Crippen LogP contribution in [0.3, 0.4) is 0 Å². The Morgan fingerprint density at radius 2 is 2.37 bits per heavy atom. The maximum atomic E-state index is 11.7. The molecule has 2 N–H and O–H groups in total. The lowest BCUT2D eigenvalue weighted by Gasteiger charge is -2.03. The summed E-state index contributed by atoms with van der Waals surface area (Å²) in [5.74, 6) is -0.223. The van der Waals surface area contributed by atoms with Gasteiger partial charge in [-0.1, -0.05) is 12.1 Å². The van der Waals surface area contributed by atoms with Crippen molar-refractivity contribution < 1.29 is 9.90 Å². The third-order valence-electron chi connectivity index (χ3n) is 2.53. The van der Waals surface area contributed by atoms with Gasteiger partial charge < -0.3 is 10.4 Å². The van der Waals surface area contributed by atoms with E-state index in [1.54, 1.807) is 41.2 Å². The highest BCUT2D eigenvalue weighted by atomic mass is 16.3. The number of rotatable bonds is 4. The van der Waals surface area contributed by atoms with E-state index in [0.717, 1.165) is 11.1 Å². The summed E-state index contributed by atoms with van der Waals surface area (Å²) in [5.41, 5.74) is 2.28. The molecule has 0 spiro atoms. The van der Waals surface area contributed by atoms with Gasteiger partial charge in [0.1, 0.15) is 0 Å². The predicted octanol–water partition coefficient (Wildman–Crippen LogP) is 1.56. The molecule has 19 heavy (non-hydrogen) atoms. The second-order valence-corrected chi connectivity index (χ2v) is 4.13. The molecule has 1 aromatic carbocycles. The van der Waals surface area contributed by atoms with Gasteiger partial charge in [0, 0.05) is 30.6 Å². The van der Waals surface area contributed by atoms with Crippen molar-refractivity contribution in [2.75, 3.05) is 5.32 Å². The number of aliphatic hydroxyl groups excluding tert-OH is 1. The van der Waals surface area contributed by atoms with E-state index in [2.05, 4.69) is 10.4 Å². The summed E-state index contributed by atoms with van der Waals surface area (Å²) in [6.07, 6.45) is 6.63. The standard InChI is InChI=1S/C14H15N3O2/c1-17-9-12(8-15-17)5-6-14(19)16-13-4-2-3-11(7-13)10-18/h2-9,18H,10H2,1H3,(H,16,19)/b6-5+. The minimum absolute atomic E-state index is 0.0464. The van der Waals surface area contributed by atoms with E-state index in [0.29, 0.717) is 5.69 Å². The van der Waals surface area contributed by atoms with Gasteiger partial charge in [0.15, 0.2) is 0 Å². The van der Waals surface area contributed by atoms with Crippen LogP contribution in [0.15, 0.2) is 42.7 Å². The van der Waals surface area contributed by atoms with Crippen molar-refractivity contribution in [3.8, 4) is 0 Å². The first kappa shape index (κ1) is 13.0. The molecular weight excluding hydrogens is 242 g/mol. The molecule has 1 aromatic heterocycles. The first-order valence-electron chi connectivity index (χ1n) is 5.85. The molecule has 2 aromatic rings. The first-order valence-corrected chi connectivity index (χ1v) is 5.85. The quantitative estimate of drug-likeness (QED) is 0.817. The van der Waals surface area contributed by atoms with Gasteiger partial charge in [-0.2, -0.15) is 5.10 Å². The van der Waals surface area contributed by atoms with Crippen LogP contribution >= 0.6 is 0 Å². The van der Waals surface area contributed by atoms with Gasteiger partial charge in [0.05, 0.1) is 12.8 Å². The van der Waals surface area contributed by atoms with Crippen LogP contribution in [-0.4, -0.2) is 20.8 Å². The molecule has 0 saturated carbocycles. The second-order valence-electron chi connectivity index (χ2n) is 4.13. The Labute approximate surface area is 111 Å². The smallest absolute Gasteiger partial charge is 0.248 e. The molecule has 0 aliphatic heterocycles. The lowest BCUT2D eigenvalue weighted by Crippen LogP contribution is -2.07. The van der Waals surface area contributed by atoms with Gasteiger partial charge in [-0.25, -0.2) is 0 Å². The summed E-state index contributed by atoms with van der Waals surface area (Å²) in [4.78, 5) is 11.7. The fourth-order valence-corrected chi connectivity index (χ4v) is 1.63. The number of hydrogen-bond acceptors (Lipinski definition) is 3. The minimum atomic E-state index is -0.223. The zero-order chi connectivity index (χ0) is 13.7. The Morgan fingerprint density at radius 3 is 3.05 bits per heavy atom. The molecule has 0 unspecified atom stereocenters. The summed E-state index contributed by atoms with van der Waals surface area (Å²) >= 11 is 0. The molecule has 0 saturated heterocycles. The Hall–Kier alpha value is -2.40. The number of carbonyl (C=O) groups excluding carboxylic acids is 1. The van der Waals surface area contributed by atoms with Crippen LogP contribution in [0.2, 0.25) is 0 Å². The van der Waals surface area contributed by atoms with Crippen molar-refractivity contribution in [1.82, 2.24) is 9.78 Å². The molecule has 0 radical (unpaired) electrons. The van der Waals surface area contributed by atoms with Crippen LogP contribution in [0, 0.1) is 0 Å².